The number of aromatic nitrogens is 2. The summed E-state index contributed by atoms with van der Waals surface area (Å²) in [5.74, 6) is -1.00. The Morgan fingerprint density at radius 2 is 2.00 bits per heavy atom. The molecule has 98 valence electrons. The highest BCUT2D eigenvalue weighted by molar-refractivity contribution is 5.93. The highest BCUT2D eigenvalue weighted by atomic mass is 19.1. The molecule has 19 heavy (non-hydrogen) atoms. The van der Waals surface area contributed by atoms with Crippen LogP contribution in [0.3, 0.4) is 0 Å². The summed E-state index contributed by atoms with van der Waals surface area (Å²) in [4.78, 5) is 37.3. The molecule has 0 aliphatic heterocycles. The molecule has 0 saturated carbocycles. The van der Waals surface area contributed by atoms with E-state index in [1.165, 1.54) is 19.1 Å². The van der Waals surface area contributed by atoms with Crippen LogP contribution in [0.5, 0.6) is 0 Å². The number of hydrogen-bond donors (Lipinski definition) is 1. The van der Waals surface area contributed by atoms with Crippen molar-refractivity contribution < 1.29 is 9.18 Å². The van der Waals surface area contributed by atoms with Crippen molar-refractivity contribution in [3.8, 4) is 5.69 Å². The van der Waals surface area contributed by atoms with Gasteiger partial charge in [-0.2, -0.15) is 0 Å². The van der Waals surface area contributed by atoms with E-state index < -0.39 is 22.8 Å². The fourth-order valence-electron chi connectivity index (χ4n) is 1.68. The van der Waals surface area contributed by atoms with Gasteiger partial charge in [0.1, 0.15) is 5.82 Å². The maximum absolute atomic E-state index is 13.5. The number of nitrogens with zero attached hydrogens (tertiary/aromatic N) is 1. The van der Waals surface area contributed by atoms with Crippen LogP contribution in [0.25, 0.3) is 5.69 Å². The topological polar surface area (TPSA) is 71.9 Å². The molecule has 2 aromatic rings. The van der Waals surface area contributed by atoms with Crippen molar-refractivity contribution in [1.82, 2.24) is 9.55 Å². The van der Waals surface area contributed by atoms with Crippen LogP contribution in [0.4, 0.5) is 4.39 Å². The summed E-state index contributed by atoms with van der Waals surface area (Å²) in [6.45, 7) is 2.78. The first-order chi connectivity index (χ1) is 8.91. The molecule has 0 amide bonds. The third-order valence-corrected chi connectivity index (χ3v) is 2.77. The molecule has 1 heterocycles. The number of H-pyrrole nitrogens is 1. The minimum Gasteiger partial charge on any atom is -0.313 e. The van der Waals surface area contributed by atoms with E-state index in [1.54, 1.807) is 6.92 Å². The number of halogens is 1. The standard InChI is InChI=1S/C13H11FN2O3/c1-7-3-4-9(5-11(7)14)16-12(18)10(8(2)17)6-15-13(16)19/h3-6H,1-2H3,(H,15,19). The Morgan fingerprint density at radius 1 is 1.32 bits per heavy atom. The number of hydrogen-bond acceptors (Lipinski definition) is 3. The monoisotopic (exact) mass is 262 g/mol. The van der Waals surface area contributed by atoms with Crippen molar-refractivity contribution in [2.24, 2.45) is 0 Å². The van der Waals surface area contributed by atoms with Gasteiger partial charge in [-0.05, 0) is 31.5 Å². The molecule has 0 aliphatic carbocycles. The van der Waals surface area contributed by atoms with Gasteiger partial charge in [0, 0.05) is 6.20 Å². The molecular formula is C13H11FN2O3. The third kappa shape index (κ3) is 2.24. The third-order valence-electron chi connectivity index (χ3n) is 2.77. The number of nitrogens with one attached hydrogen (secondary N) is 1. The fraction of sp³-hybridized carbons (Fsp3) is 0.154. The Morgan fingerprint density at radius 3 is 2.58 bits per heavy atom. The summed E-state index contributed by atoms with van der Waals surface area (Å²) < 4.78 is 14.2. The van der Waals surface area contributed by atoms with Crippen LogP contribution in [-0.4, -0.2) is 15.3 Å². The van der Waals surface area contributed by atoms with Crippen LogP contribution < -0.4 is 11.2 Å². The number of carbonyl (C=O) groups excluding carboxylic acids is 1. The summed E-state index contributed by atoms with van der Waals surface area (Å²) >= 11 is 0. The smallest absolute Gasteiger partial charge is 0.313 e. The molecule has 0 saturated heterocycles. The average molecular weight is 262 g/mol. The molecule has 0 fully saturated rings. The molecule has 0 bridgehead atoms. The van der Waals surface area contributed by atoms with Gasteiger partial charge in [-0.15, -0.1) is 0 Å². The van der Waals surface area contributed by atoms with Crippen LogP contribution >= 0.6 is 0 Å². The molecule has 2 rings (SSSR count). The molecule has 0 spiro atoms. The first-order valence-electron chi connectivity index (χ1n) is 5.54. The molecule has 1 aromatic heterocycles. The van der Waals surface area contributed by atoms with Gasteiger partial charge < -0.3 is 4.98 Å². The molecule has 1 aromatic carbocycles. The van der Waals surface area contributed by atoms with Crippen molar-refractivity contribution in [3.63, 3.8) is 0 Å². The summed E-state index contributed by atoms with van der Waals surface area (Å²) in [5, 5.41) is 0. The zero-order chi connectivity index (χ0) is 14.2. The van der Waals surface area contributed by atoms with Gasteiger partial charge in [0.2, 0.25) is 0 Å². The predicted octanol–water partition coefficient (Wildman–Crippen LogP) is 1.18. The van der Waals surface area contributed by atoms with Crippen molar-refractivity contribution in [2.75, 3.05) is 0 Å². The molecule has 1 N–H and O–H groups in total. The maximum atomic E-state index is 13.5. The van der Waals surface area contributed by atoms with Gasteiger partial charge in [0.05, 0.1) is 11.3 Å². The quantitative estimate of drug-likeness (QED) is 0.826. The second-order valence-electron chi connectivity index (χ2n) is 4.14. The summed E-state index contributed by atoms with van der Waals surface area (Å²) in [5.41, 5.74) is -1.16. The molecule has 0 unspecified atom stereocenters. The second-order valence-corrected chi connectivity index (χ2v) is 4.14. The first-order valence-corrected chi connectivity index (χ1v) is 5.54. The maximum Gasteiger partial charge on any atom is 0.333 e. The zero-order valence-corrected chi connectivity index (χ0v) is 10.4. The Kier molecular flexibility index (Phi) is 3.16. The second kappa shape index (κ2) is 4.64. The van der Waals surface area contributed by atoms with E-state index in [2.05, 4.69) is 4.98 Å². The van der Waals surface area contributed by atoms with E-state index in [1.807, 2.05) is 0 Å². The number of aromatic amines is 1. The van der Waals surface area contributed by atoms with Gasteiger partial charge >= 0.3 is 5.69 Å². The van der Waals surface area contributed by atoms with Gasteiger partial charge in [-0.3, -0.25) is 9.59 Å². The van der Waals surface area contributed by atoms with Crippen LogP contribution in [-0.2, 0) is 0 Å². The number of carbonyl (C=O) groups is 1. The average Bonchev–Trinajstić information content (AvgIpc) is 2.33. The van der Waals surface area contributed by atoms with Gasteiger partial charge in [-0.25, -0.2) is 13.8 Å². The number of aryl methyl sites for hydroxylation is 1. The van der Waals surface area contributed by atoms with E-state index in [0.717, 1.165) is 16.8 Å². The number of Topliss-reactive ketones (excluding diaryl/α,β-unsaturated/α-hetero) is 1. The van der Waals surface area contributed by atoms with Crippen LogP contribution in [0.2, 0.25) is 0 Å². The largest absolute Gasteiger partial charge is 0.333 e. The fourth-order valence-corrected chi connectivity index (χ4v) is 1.68. The Bertz CT molecular complexity index is 774. The van der Waals surface area contributed by atoms with E-state index >= 15 is 0 Å². The van der Waals surface area contributed by atoms with Crippen LogP contribution in [0.15, 0.2) is 34.0 Å². The molecule has 0 radical (unpaired) electrons. The summed E-state index contributed by atoms with van der Waals surface area (Å²) in [6, 6.07) is 3.98. The van der Waals surface area contributed by atoms with Crippen LogP contribution in [0.1, 0.15) is 22.8 Å². The Balaban J connectivity index is 2.78. The van der Waals surface area contributed by atoms with Crippen molar-refractivity contribution >= 4 is 5.78 Å². The lowest BCUT2D eigenvalue weighted by Crippen LogP contribution is -2.36. The lowest BCUT2D eigenvalue weighted by atomic mass is 10.2. The molecule has 6 heteroatoms. The lowest BCUT2D eigenvalue weighted by Gasteiger charge is -2.06. The predicted molar refractivity (Wildman–Crippen MR) is 67.4 cm³/mol. The minimum atomic E-state index is -0.764. The van der Waals surface area contributed by atoms with Crippen LogP contribution in [0, 0.1) is 12.7 Å². The number of ketones is 1. The zero-order valence-electron chi connectivity index (χ0n) is 10.4. The SMILES string of the molecule is CC(=O)c1c[nH]c(=O)n(-c2ccc(C)c(F)c2)c1=O. The molecule has 5 nitrogen and oxygen atoms in total. The van der Waals surface area contributed by atoms with E-state index in [0.29, 0.717) is 5.56 Å². The molecule has 0 aliphatic rings. The Hall–Kier alpha value is -2.50. The van der Waals surface area contributed by atoms with Crippen molar-refractivity contribution in [1.29, 1.82) is 0 Å². The number of benzene rings is 1. The lowest BCUT2D eigenvalue weighted by molar-refractivity contribution is 0.101. The highest BCUT2D eigenvalue weighted by Crippen LogP contribution is 2.10. The van der Waals surface area contributed by atoms with Crippen molar-refractivity contribution in [2.45, 2.75) is 13.8 Å². The van der Waals surface area contributed by atoms with Crippen molar-refractivity contribution in [3.05, 3.63) is 62.2 Å². The Labute approximate surface area is 107 Å². The number of rotatable bonds is 2. The first kappa shape index (κ1) is 12.9. The molecular weight excluding hydrogens is 251 g/mol. The van der Waals surface area contributed by atoms with Gasteiger partial charge in [0.25, 0.3) is 5.56 Å². The van der Waals surface area contributed by atoms with Gasteiger partial charge in [-0.1, -0.05) is 6.07 Å². The normalized spacial score (nSPS) is 10.5. The van der Waals surface area contributed by atoms with Gasteiger partial charge in [0.15, 0.2) is 5.78 Å². The minimum absolute atomic E-state index is 0.0810. The van der Waals surface area contributed by atoms with E-state index in [9.17, 15) is 18.8 Å². The summed E-state index contributed by atoms with van der Waals surface area (Å²) in [7, 11) is 0. The van der Waals surface area contributed by atoms with E-state index in [-0.39, 0.29) is 11.3 Å². The highest BCUT2D eigenvalue weighted by Gasteiger charge is 2.13. The molecule has 0 atom stereocenters. The summed E-state index contributed by atoms with van der Waals surface area (Å²) in [6.07, 6.45) is 1.06. The van der Waals surface area contributed by atoms with E-state index in [4.69, 9.17) is 0 Å².